The highest BCUT2D eigenvalue weighted by Gasteiger charge is 2.12. The van der Waals surface area contributed by atoms with Crippen LogP contribution in [0.3, 0.4) is 0 Å². The Bertz CT molecular complexity index is 446. The molecule has 1 aromatic rings. The lowest BCUT2D eigenvalue weighted by Crippen LogP contribution is -2.31. The van der Waals surface area contributed by atoms with E-state index in [1.807, 2.05) is 32.0 Å². The molecule has 0 aromatic heterocycles. The smallest absolute Gasteiger partial charge is 0.252 e. The number of nitrogens with zero attached hydrogens (tertiary/aromatic N) is 1. The van der Waals surface area contributed by atoms with Gasteiger partial charge in [-0.1, -0.05) is 24.4 Å². The van der Waals surface area contributed by atoms with Gasteiger partial charge in [-0.2, -0.15) is 0 Å². The lowest BCUT2D eigenvalue weighted by Gasteiger charge is -2.18. The number of nitrogens with two attached hydrogens (primary N) is 1. The maximum atomic E-state index is 11.9. The van der Waals surface area contributed by atoms with Crippen molar-refractivity contribution in [2.24, 2.45) is 5.73 Å². The van der Waals surface area contributed by atoms with E-state index in [9.17, 15) is 4.79 Å². The van der Waals surface area contributed by atoms with E-state index in [0.29, 0.717) is 4.99 Å². The normalized spacial score (nSPS) is 10.4. The number of likely N-dealkylation sites (N-methyl/N-ethyl adjacent to an activating group) is 1. The fraction of sp³-hybridized carbons (Fsp3) is 0.385. The minimum absolute atomic E-state index is 0.0327. The summed E-state index contributed by atoms with van der Waals surface area (Å²) in [6.07, 6.45) is 0.0327. The minimum atomic E-state index is -0.108. The number of carbonyl (C=O) groups excluding carboxylic acids is 1. The van der Waals surface area contributed by atoms with Gasteiger partial charge in [-0.05, 0) is 26.0 Å². The molecule has 0 radical (unpaired) electrons. The van der Waals surface area contributed by atoms with Crippen molar-refractivity contribution in [3.05, 3.63) is 29.8 Å². The van der Waals surface area contributed by atoms with Crippen LogP contribution in [0.5, 0.6) is 0 Å². The molecule has 1 amide bonds. The zero-order valence-corrected chi connectivity index (χ0v) is 11.7. The molecule has 18 heavy (non-hydrogen) atoms. The Labute approximate surface area is 113 Å². The highest BCUT2D eigenvalue weighted by Crippen LogP contribution is 2.15. The Balaban J connectivity index is 2.77. The molecule has 0 spiro atoms. The Morgan fingerprint density at radius 1 is 1.50 bits per heavy atom. The van der Waals surface area contributed by atoms with Crippen LogP contribution in [-0.4, -0.2) is 30.7 Å². The van der Waals surface area contributed by atoms with E-state index in [1.54, 1.807) is 13.1 Å². The van der Waals surface area contributed by atoms with Gasteiger partial charge in [0.25, 0.3) is 5.91 Å². The fourth-order valence-corrected chi connectivity index (χ4v) is 1.47. The van der Waals surface area contributed by atoms with E-state index >= 15 is 0 Å². The summed E-state index contributed by atoms with van der Waals surface area (Å²) < 4.78 is 5.28. The second-order valence-electron chi connectivity index (χ2n) is 4.23. The Kier molecular flexibility index (Phi) is 5.25. The van der Waals surface area contributed by atoms with Gasteiger partial charge in [-0.15, -0.1) is 0 Å². The molecule has 2 N–H and O–H groups in total. The van der Waals surface area contributed by atoms with Crippen molar-refractivity contribution in [1.82, 2.24) is 0 Å². The topological polar surface area (TPSA) is 55.6 Å². The Morgan fingerprint density at radius 2 is 2.17 bits per heavy atom. The van der Waals surface area contributed by atoms with Gasteiger partial charge in [-0.3, -0.25) is 4.79 Å². The lowest BCUT2D eigenvalue weighted by atomic mass is 10.2. The summed E-state index contributed by atoms with van der Waals surface area (Å²) in [6, 6.07) is 7.25. The van der Waals surface area contributed by atoms with Crippen LogP contribution in [0.15, 0.2) is 24.3 Å². The van der Waals surface area contributed by atoms with Crippen LogP contribution in [0.25, 0.3) is 0 Å². The van der Waals surface area contributed by atoms with E-state index < -0.39 is 0 Å². The van der Waals surface area contributed by atoms with Gasteiger partial charge in [0.15, 0.2) is 0 Å². The molecule has 0 aliphatic heterocycles. The third-order valence-electron chi connectivity index (χ3n) is 2.43. The van der Waals surface area contributed by atoms with Crippen LogP contribution in [0.4, 0.5) is 5.69 Å². The monoisotopic (exact) mass is 266 g/mol. The van der Waals surface area contributed by atoms with E-state index in [-0.39, 0.29) is 18.6 Å². The average molecular weight is 266 g/mol. The number of anilines is 1. The van der Waals surface area contributed by atoms with E-state index in [2.05, 4.69) is 0 Å². The third kappa shape index (κ3) is 4.09. The molecule has 1 rings (SSSR count). The summed E-state index contributed by atoms with van der Waals surface area (Å²) in [5.41, 5.74) is 7.05. The number of rotatable bonds is 5. The first-order chi connectivity index (χ1) is 8.41. The molecule has 1 aromatic carbocycles. The first-order valence-electron chi connectivity index (χ1n) is 5.70. The zero-order chi connectivity index (χ0) is 13.7. The summed E-state index contributed by atoms with van der Waals surface area (Å²) in [7, 11) is 1.70. The van der Waals surface area contributed by atoms with Crippen molar-refractivity contribution < 1.29 is 9.53 Å². The zero-order valence-electron chi connectivity index (χ0n) is 10.8. The van der Waals surface area contributed by atoms with Gasteiger partial charge in [0.05, 0.1) is 6.10 Å². The maximum Gasteiger partial charge on any atom is 0.252 e. The van der Waals surface area contributed by atoms with Crippen LogP contribution in [0.1, 0.15) is 19.4 Å². The molecule has 0 saturated heterocycles. The number of amides is 1. The molecule has 0 fully saturated rings. The summed E-state index contributed by atoms with van der Waals surface area (Å²) in [5.74, 6) is -0.108. The van der Waals surface area contributed by atoms with Crippen molar-refractivity contribution >= 4 is 28.8 Å². The summed E-state index contributed by atoms with van der Waals surface area (Å²) in [6.45, 7) is 3.84. The van der Waals surface area contributed by atoms with Gasteiger partial charge in [-0.25, -0.2) is 0 Å². The number of hydrogen-bond acceptors (Lipinski definition) is 3. The highest BCUT2D eigenvalue weighted by atomic mass is 32.1. The predicted molar refractivity (Wildman–Crippen MR) is 76.8 cm³/mol. The molecule has 4 nitrogen and oxygen atoms in total. The van der Waals surface area contributed by atoms with Gasteiger partial charge in [0.2, 0.25) is 0 Å². The van der Waals surface area contributed by atoms with Crippen LogP contribution in [-0.2, 0) is 9.53 Å². The largest absolute Gasteiger partial charge is 0.389 e. The standard InChI is InChI=1S/C13H18N2O2S/c1-9(2)17-8-12(16)15(3)11-6-4-5-10(7-11)13(14)18/h4-7,9H,8H2,1-3H3,(H2,14,18). The molecule has 5 heteroatoms. The van der Waals surface area contributed by atoms with Gasteiger partial charge in [0.1, 0.15) is 11.6 Å². The number of carbonyl (C=O) groups is 1. The Morgan fingerprint density at radius 3 is 2.72 bits per heavy atom. The molecule has 0 bridgehead atoms. The SMILES string of the molecule is CC(C)OCC(=O)N(C)c1cccc(C(N)=S)c1. The first-order valence-corrected chi connectivity index (χ1v) is 6.10. The molecule has 0 atom stereocenters. The lowest BCUT2D eigenvalue weighted by molar-refractivity contribution is -0.124. The van der Waals surface area contributed by atoms with Crippen LogP contribution in [0, 0.1) is 0 Å². The molecule has 0 saturated carbocycles. The molecular weight excluding hydrogens is 248 g/mol. The van der Waals surface area contributed by atoms with Crippen molar-refractivity contribution in [2.75, 3.05) is 18.6 Å². The van der Waals surface area contributed by atoms with E-state index in [4.69, 9.17) is 22.7 Å². The molecule has 0 heterocycles. The van der Waals surface area contributed by atoms with Gasteiger partial charge >= 0.3 is 0 Å². The first kappa shape index (κ1) is 14.6. The van der Waals surface area contributed by atoms with Gasteiger partial charge < -0.3 is 15.4 Å². The van der Waals surface area contributed by atoms with Crippen molar-refractivity contribution in [3.63, 3.8) is 0 Å². The quantitative estimate of drug-likeness (QED) is 0.824. The number of thiocarbonyl (C=S) groups is 1. The maximum absolute atomic E-state index is 11.9. The second-order valence-corrected chi connectivity index (χ2v) is 4.67. The van der Waals surface area contributed by atoms with Crippen LogP contribution >= 0.6 is 12.2 Å². The third-order valence-corrected chi connectivity index (χ3v) is 2.67. The Hall–Kier alpha value is -1.46. The fourth-order valence-electron chi connectivity index (χ4n) is 1.35. The highest BCUT2D eigenvalue weighted by molar-refractivity contribution is 7.80. The predicted octanol–water partition coefficient (Wildman–Crippen LogP) is 1.71. The number of hydrogen-bond donors (Lipinski definition) is 1. The number of ether oxygens (including phenoxy) is 1. The van der Waals surface area contributed by atoms with Gasteiger partial charge in [0, 0.05) is 18.3 Å². The van der Waals surface area contributed by atoms with Crippen LogP contribution < -0.4 is 10.6 Å². The molecule has 98 valence electrons. The molecule has 0 aliphatic carbocycles. The van der Waals surface area contributed by atoms with E-state index in [0.717, 1.165) is 11.3 Å². The van der Waals surface area contributed by atoms with Crippen molar-refractivity contribution in [2.45, 2.75) is 20.0 Å². The second kappa shape index (κ2) is 6.47. The minimum Gasteiger partial charge on any atom is -0.389 e. The van der Waals surface area contributed by atoms with Crippen molar-refractivity contribution in [3.8, 4) is 0 Å². The molecule has 0 aliphatic rings. The molecule has 0 unspecified atom stereocenters. The van der Waals surface area contributed by atoms with Crippen molar-refractivity contribution in [1.29, 1.82) is 0 Å². The number of benzene rings is 1. The summed E-state index contributed by atoms with van der Waals surface area (Å²) in [4.78, 5) is 13.7. The van der Waals surface area contributed by atoms with Crippen LogP contribution in [0.2, 0.25) is 0 Å². The molecular formula is C13H18N2O2S. The summed E-state index contributed by atoms with van der Waals surface area (Å²) in [5, 5.41) is 0. The average Bonchev–Trinajstić information content (AvgIpc) is 2.35. The van der Waals surface area contributed by atoms with E-state index in [1.165, 1.54) is 4.90 Å². The summed E-state index contributed by atoms with van der Waals surface area (Å²) >= 11 is 4.91.